The number of carbonyl (C=O) groups excluding carboxylic acids is 2. The van der Waals surface area contributed by atoms with Gasteiger partial charge >= 0.3 is 5.97 Å². The molecule has 1 rings (SSSR count). The molecule has 0 aromatic rings. The molecule has 11 nitrogen and oxygen atoms in total. The van der Waals surface area contributed by atoms with Gasteiger partial charge in [0.25, 0.3) is 0 Å². The zero-order valence-corrected chi connectivity index (χ0v) is 60.3. The van der Waals surface area contributed by atoms with Crippen LogP contribution in [0.25, 0.3) is 0 Å². The number of hydrogen-bond acceptors (Lipinski definition) is 10. The molecule has 11 heteroatoms. The minimum absolute atomic E-state index is 0.115. The summed E-state index contributed by atoms with van der Waals surface area (Å²) in [6.07, 6.45) is 86.6. The maximum atomic E-state index is 13.5. The zero-order valence-electron chi connectivity index (χ0n) is 60.3. The Kier molecular flexibility index (Phi) is 64.6. The van der Waals surface area contributed by atoms with Crippen molar-refractivity contribution in [2.24, 2.45) is 0 Å². The maximum Gasteiger partial charge on any atom is 0.306 e. The largest absolute Gasteiger partial charge is 0.454 e. The highest BCUT2D eigenvalue weighted by Crippen LogP contribution is 2.26. The van der Waals surface area contributed by atoms with Gasteiger partial charge in [-0.3, -0.25) is 9.59 Å². The summed E-state index contributed by atoms with van der Waals surface area (Å²) in [4.78, 5) is 26.8. The first-order valence-corrected chi connectivity index (χ1v) is 38.8. The predicted molar refractivity (Wildman–Crippen MR) is 398 cm³/mol. The molecule has 0 spiro atoms. The summed E-state index contributed by atoms with van der Waals surface area (Å²) in [5, 5.41) is 57.4. The van der Waals surface area contributed by atoms with Gasteiger partial charge in [0.2, 0.25) is 5.91 Å². The Morgan fingerprint density at radius 2 is 0.766 bits per heavy atom. The van der Waals surface area contributed by atoms with Crippen LogP contribution >= 0.6 is 0 Å². The number of amides is 1. The summed E-state index contributed by atoms with van der Waals surface area (Å²) >= 11 is 0. The van der Waals surface area contributed by atoms with Crippen molar-refractivity contribution < 1.29 is 49.3 Å². The van der Waals surface area contributed by atoms with Gasteiger partial charge in [-0.15, -0.1) is 0 Å². The van der Waals surface area contributed by atoms with Gasteiger partial charge in [-0.1, -0.05) is 328 Å². The van der Waals surface area contributed by atoms with Crippen molar-refractivity contribution in [1.29, 1.82) is 0 Å². The molecule has 94 heavy (non-hydrogen) atoms. The van der Waals surface area contributed by atoms with Crippen LogP contribution in [-0.2, 0) is 23.8 Å². The van der Waals surface area contributed by atoms with Gasteiger partial charge in [-0.2, -0.15) is 0 Å². The molecule has 1 amide bonds. The number of carbonyl (C=O) groups is 2. The lowest BCUT2D eigenvalue weighted by molar-refractivity contribution is -0.305. The third-order valence-corrected chi connectivity index (χ3v) is 17.6. The molecule has 8 atom stereocenters. The number of hydrogen-bond donors (Lipinski definition) is 6. The van der Waals surface area contributed by atoms with Crippen molar-refractivity contribution in [2.45, 2.75) is 378 Å². The maximum absolute atomic E-state index is 13.5. The summed E-state index contributed by atoms with van der Waals surface area (Å²) < 4.78 is 17.7. The second-order valence-electron chi connectivity index (χ2n) is 26.4. The van der Waals surface area contributed by atoms with Crippen molar-refractivity contribution in [3.8, 4) is 0 Å². The molecule has 0 bridgehead atoms. The Balaban J connectivity index is 2.52. The molecule has 1 aliphatic heterocycles. The van der Waals surface area contributed by atoms with E-state index in [1.54, 1.807) is 6.08 Å². The average Bonchev–Trinajstić information content (AvgIpc) is 0.828. The monoisotopic (exact) mass is 1310 g/mol. The fourth-order valence-corrected chi connectivity index (χ4v) is 11.5. The van der Waals surface area contributed by atoms with Crippen LogP contribution in [0.2, 0.25) is 0 Å². The highest BCUT2D eigenvalue weighted by Gasteiger charge is 2.47. The van der Waals surface area contributed by atoms with E-state index >= 15 is 0 Å². The van der Waals surface area contributed by atoms with E-state index < -0.39 is 67.4 Å². The number of aliphatic hydroxyl groups is 5. The molecule has 0 saturated carbocycles. The molecular weight excluding hydrogens is 1170 g/mol. The second kappa shape index (κ2) is 69.0. The first-order valence-electron chi connectivity index (χ1n) is 38.8. The van der Waals surface area contributed by atoms with Crippen molar-refractivity contribution >= 4 is 11.9 Å². The first-order chi connectivity index (χ1) is 46.2. The Morgan fingerprint density at radius 3 is 1.17 bits per heavy atom. The van der Waals surface area contributed by atoms with Crippen molar-refractivity contribution in [3.63, 3.8) is 0 Å². The normalized spacial score (nSPS) is 18.5. The van der Waals surface area contributed by atoms with Gasteiger partial charge in [-0.05, 0) is 116 Å². The van der Waals surface area contributed by atoms with Crippen LogP contribution in [0, 0.1) is 0 Å². The third-order valence-electron chi connectivity index (χ3n) is 17.6. The quantitative estimate of drug-likeness (QED) is 0.0195. The molecule has 0 aromatic carbocycles. The average molecular weight is 1320 g/mol. The molecule has 1 fully saturated rings. The molecule has 1 aliphatic rings. The van der Waals surface area contributed by atoms with E-state index in [9.17, 15) is 35.1 Å². The number of esters is 1. The SMILES string of the molecule is CC/C=C\C/C=C\C/C=C\C/C=C\C/C=C\CCCCCCCCCCCCC(O)C(=O)NC(COC1OC(CO)C(O)C(O)C1OC(=O)CCCCCCCCCCCCC/C=C\C/C=C\C/C=C\C/C=C\CCCCC)C(O)/C=C/CCCCCCCCCCCC. The minimum atomic E-state index is -1.62. The number of aliphatic hydroxyl groups excluding tert-OH is 5. The number of ether oxygens (including phenoxy) is 3. The van der Waals surface area contributed by atoms with Gasteiger partial charge in [-0.25, -0.2) is 0 Å². The molecule has 1 heterocycles. The van der Waals surface area contributed by atoms with Crippen LogP contribution in [0.5, 0.6) is 0 Å². The summed E-state index contributed by atoms with van der Waals surface area (Å²) in [6, 6.07) is -1.03. The molecule has 0 radical (unpaired) electrons. The summed E-state index contributed by atoms with van der Waals surface area (Å²) in [6.45, 7) is 5.68. The lowest BCUT2D eigenvalue weighted by Gasteiger charge is -2.41. The lowest BCUT2D eigenvalue weighted by Crippen LogP contribution is -2.61. The lowest BCUT2D eigenvalue weighted by atomic mass is 9.99. The highest BCUT2D eigenvalue weighted by molar-refractivity contribution is 5.80. The highest BCUT2D eigenvalue weighted by atomic mass is 16.7. The van der Waals surface area contributed by atoms with E-state index in [0.717, 1.165) is 122 Å². The number of unbranched alkanes of at least 4 members (excludes halogenated alkanes) is 34. The Bertz CT molecular complexity index is 2000. The van der Waals surface area contributed by atoms with Crippen LogP contribution in [0.15, 0.2) is 122 Å². The Morgan fingerprint density at radius 1 is 0.426 bits per heavy atom. The minimum Gasteiger partial charge on any atom is -0.454 e. The molecule has 1 saturated heterocycles. The fraction of sp³-hybridized carbons (Fsp3) is 0.735. The topological polar surface area (TPSA) is 175 Å². The molecule has 8 unspecified atom stereocenters. The van der Waals surface area contributed by atoms with E-state index in [1.807, 2.05) is 6.08 Å². The van der Waals surface area contributed by atoms with Crippen molar-refractivity contribution in [2.75, 3.05) is 13.2 Å². The fourth-order valence-electron chi connectivity index (χ4n) is 11.5. The van der Waals surface area contributed by atoms with Crippen molar-refractivity contribution in [1.82, 2.24) is 5.32 Å². The van der Waals surface area contributed by atoms with E-state index in [0.29, 0.717) is 12.8 Å². The van der Waals surface area contributed by atoms with E-state index in [1.165, 1.54) is 161 Å². The van der Waals surface area contributed by atoms with E-state index in [4.69, 9.17) is 14.2 Å². The Labute approximate surface area is 576 Å². The first kappa shape index (κ1) is 88.1. The zero-order chi connectivity index (χ0) is 68.1. The summed E-state index contributed by atoms with van der Waals surface area (Å²) in [5.74, 6) is -1.20. The van der Waals surface area contributed by atoms with Crippen LogP contribution in [0.3, 0.4) is 0 Å². The van der Waals surface area contributed by atoms with Gasteiger partial charge in [0.1, 0.15) is 24.4 Å². The molecule has 0 aromatic heterocycles. The smallest absolute Gasteiger partial charge is 0.306 e. The summed E-state index contributed by atoms with van der Waals surface area (Å²) in [7, 11) is 0. The van der Waals surface area contributed by atoms with E-state index in [2.05, 4.69) is 135 Å². The molecule has 540 valence electrons. The molecular formula is C83H143NO10. The standard InChI is InChI=1S/C83H143NO10/c1-4-7-10-13-16-19-22-25-27-29-31-33-35-37-39-41-43-45-47-49-51-53-56-59-62-65-68-71-78(88)94-81-80(90)79(89)77(72-85)93-83(81)92-73-74(75(86)69-66-63-60-57-54-24-21-18-15-12-9-6-3)84-82(91)76(87)70-67-64-61-58-55-52-50-48-46-44-42-40-38-36-34-32-30-28-26-23-20-17-14-11-8-5-2/h8,11,16-17,19-20,25-28,31-34,37-40,66,69,74-77,79-81,83,85-87,89-90H,4-7,9-10,12-15,18,21-24,29-30,35-36,41-65,67-68,70-73H2,1-3H3,(H,84,91)/b11-8-,19-16-,20-17-,27-25-,28-26-,33-31-,34-32-,39-37-,40-38-,69-66+. The van der Waals surface area contributed by atoms with E-state index in [-0.39, 0.29) is 19.4 Å². The third kappa shape index (κ3) is 55.1. The van der Waals surface area contributed by atoms with Crippen LogP contribution < -0.4 is 5.32 Å². The second-order valence-corrected chi connectivity index (χ2v) is 26.4. The number of allylic oxidation sites excluding steroid dienone is 19. The Hall–Kier alpha value is -3.94. The van der Waals surface area contributed by atoms with Gasteiger partial charge < -0.3 is 45.1 Å². The van der Waals surface area contributed by atoms with Gasteiger partial charge in [0.15, 0.2) is 12.4 Å². The molecule has 0 aliphatic carbocycles. The number of rotatable bonds is 66. The van der Waals surface area contributed by atoms with Gasteiger partial charge in [0.05, 0.1) is 25.4 Å². The van der Waals surface area contributed by atoms with Crippen LogP contribution in [-0.4, -0.2) is 99.6 Å². The molecule has 6 N–H and O–H groups in total. The van der Waals surface area contributed by atoms with Gasteiger partial charge in [0, 0.05) is 6.42 Å². The predicted octanol–water partition coefficient (Wildman–Crippen LogP) is 20.9. The number of nitrogens with one attached hydrogen (secondary N) is 1. The van der Waals surface area contributed by atoms with Crippen molar-refractivity contribution in [3.05, 3.63) is 122 Å². The summed E-state index contributed by atoms with van der Waals surface area (Å²) in [5.41, 5.74) is 0. The van der Waals surface area contributed by atoms with Crippen LogP contribution in [0.1, 0.15) is 329 Å². The van der Waals surface area contributed by atoms with Crippen LogP contribution in [0.4, 0.5) is 0 Å².